The smallest absolute Gasteiger partial charge is 0.0357 e. The molecule has 1 aromatic rings. The summed E-state index contributed by atoms with van der Waals surface area (Å²) < 4.78 is 0. The Bertz CT molecular complexity index is 229. The zero-order valence-corrected chi connectivity index (χ0v) is 9.38. The van der Waals surface area contributed by atoms with Crippen LogP contribution in [0.2, 0.25) is 0 Å². The molecule has 0 bridgehead atoms. The van der Waals surface area contributed by atoms with Crippen molar-refractivity contribution in [2.24, 2.45) is 0 Å². The fourth-order valence-corrected chi connectivity index (χ4v) is 1.21. The lowest BCUT2D eigenvalue weighted by Gasteiger charge is -2.20. The lowest BCUT2D eigenvalue weighted by Crippen LogP contribution is -2.33. The minimum atomic E-state index is 0.627. The average molecular weight is 195 g/mol. The highest BCUT2D eigenvalue weighted by atomic mass is 15.1. The Balaban J connectivity index is 2.05. The van der Waals surface area contributed by atoms with Crippen LogP contribution in [-0.4, -0.2) is 36.1 Å². The summed E-state index contributed by atoms with van der Waals surface area (Å²) in [6, 6.07) is 4.75. The number of aromatic amines is 1. The molecule has 0 spiro atoms. The van der Waals surface area contributed by atoms with E-state index in [9.17, 15) is 0 Å². The molecule has 0 amide bonds. The van der Waals surface area contributed by atoms with Crippen LogP contribution in [0.4, 0.5) is 0 Å². The Labute approximate surface area is 86.5 Å². The van der Waals surface area contributed by atoms with Gasteiger partial charge in [-0.2, -0.15) is 0 Å². The third kappa shape index (κ3) is 3.94. The molecule has 0 aliphatic heterocycles. The standard InChI is InChI=1S/C11H21N3/c1-10(2)14(3)8-7-12-9-11-5-4-6-13-11/h4-6,10,12-13H,7-9H2,1-3H3. The molecule has 80 valence electrons. The zero-order chi connectivity index (χ0) is 10.4. The maximum Gasteiger partial charge on any atom is 0.0357 e. The Morgan fingerprint density at radius 1 is 1.50 bits per heavy atom. The highest BCUT2D eigenvalue weighted by Gasteiger charge is 2.01. The zero-order valence-electron chi connectivity index (χ0n) is 9.38. The first-order valence-corrected chi connectivity index (χ1v) is 5.23. The molecule has 0 aromatic carbocycles. The number of hydrogen-bond acceptors (Lipinski definition) is 2. The molecule has 0 saturated heterocycles. The predicted octanol–water partition coefficient (Wildman–Crippen LogP) is 1.44. The van der Waals surface area contributed by atoms with Crippen LogP contribution in [0.1, 0.15) is 19.5 Å². The topological polar surface area (TPSA) is 31.1 Å². The summed E-state index contributed by atoms with van der Waals surface area (Å²) in [7, 11) is 2.15. The van der Waals surface area contributed by atoms with E-state index in [1.165, 1.54) is 5.69 Å². The van der Waals surface area contributed by atoms with E-state index >= 15 is 0 Å². The third-order valence-electron chi connectivity index (χ3n) is 2.50. The minimum absolute atomic E-state index is 0.627. The van der Waals surface area contributed by atoms with Crippen LogP contribution in [0.5, 0.6) is 0 Å². The van der Waals surface area contributed by atoms with Gasteiger partial charge in [-0.05, 0) is 33.0 Å². The van der Waals surface area contributed by atoms with Crippen molar-refractivity contribution in [3.8, 4) is 0 Å². The molecule has 0 unspecified atom stereocenters. The van der Waals surface area contributed by atoms with Crippen molar-refractivity contribution in [3.63, 3.8) is 0 Å². The van der Waals surface area contributed by atoms with Gasteiger partial charge in [-0.25, -0.2) is 0 Å². The predicted molar refractivity (Wildman–Crippen MR) is 60.3 cm³/mol. The van der Waals surface area contributed by atoms with E-state index in [1.807, 2.05) is 12.3 Å². The van der Waals surface area contributed by atoms with Crippen LogP contribution in [-0.2, 0) is 6.54 Å². The number of hydrogen-bond donors (Lipinski definition) is 2. The molecule has 1 rings (SSSR count). The Kier molecular flexibility index (Phi) is 4.70. The lowest BCUT2D eigenvalue weighted by atomic mass is 10.3. The summed E-state index contributed by atoms with van der Waals surface area (Å²) >= 11 is 0. The van der Waals surface area contributed by atoms with E-state index < -0.39 is 0 Å². The van der Waals surface area contributed by atoms with Crippen LogP contribution >= 0.6 is 0 Å². The molecule has 0 saturated carbocycles. The summed E-state index contributed by atoms with van der Waals surface area (Å²) in [6.07, 6.45) is 1.96. The van der Waals surface area contributed by atoms with Crippen molar-refractivity contribution in [2.75, 3.05) is 20.1 Å². The monoisotopic (exact) mass is 195 g/mol. The van der Waals surface area contributed by atoms with Gasteiger partial charge < -0.3 is 15.2 Å². The molecule has 3 nitrogen and oxygen atoms in total. The normalized spacial score (nSPS) is 11.5. The van der Waals surface area contributed by atoms with E-state index in [0.717, 1.165) is 19.6 Å². The van der Waals surface area contributed by atoms with Crippen molar-refractivity contribution in [2.45, 2.75) is 26.4 Å². The van der Waals surface area contributed by atoms with Gasteiger partial charge in [0.25, 0.3) is 0 Å². The lowest BCUT2D eigenvalue weighted by molar-refractivity contribution is 0.273. The van der Waals surface area contributed by atoms with Gasteiger partial charge >= 0.3 is 0 Å². The van der Waals surface area contributed by atoms with E-state index in [-0.39, 0.29) is 0 Å². The van der Waals surface area contributed by atoms with Crippen molar-refractivity contribution < 1.29 is 0 Å². The Morgan fingerprint density at radius 3 is 2.86 bits per heavy atom. The molecule has 0 radical (unpaired) electrons. The Morgan fingerprint density at radius 2 is 2.29 bits per heavy atom. The molecular weight excluding hydrogens is 174 g/mol. The summed E-state index contributed by atoms with van der Waals surface area (Å²) in [6.45, 7) is 7.49. The molecular formula is C11H21N3. The van der Waals surface area contributed by atoms with Gasteiger partial charge in [-0.15, -0.1) is 0 Å². The summed E-state index contributed by atoms with van der Waals surface area (Å²) in [5, 5.41) is 3.40. The van der Waals surface area contributed by atoms with Crippen LogP contribution in [0.3, 0.4) is 0 Å². The van der Waals surface area contributed by atoms with Crippen molar-refractivity contribution in [3.05, 3.63) is 24.0 Å². The molecule has 2 N–H and O–H groups in total. The van der Waals surface area contributed by atoms with Crippen LogP contribution in [0, 0.1) is 0 Å². The van der Waals surface area contributed by atoms with Gasteiger partial charge in [0.2, 0.25) is 0 Å². The molecule has 1 heterocycles. The molecule has 1 aromatic heterocycles. The molecule has 14 heavy (non-hydrogen) atoms. The fourth-order valence-electron chi connectivity index (χ4n) is 1.21. The molecule has 0 aliphatic rings. The van der Waals surface area contributed by atoms with Crippen molar-refractivity contribution in [1.82, 2.24) is 15.2 Å². The van der Waals surface area contributed by atoms with Crippen LogP contribution < -0.4 is 5.32 Å². The van der Waals surface area contributed by atoms with Gasteiger partial charge in [0.15, 0.2) is 0 Å². The van der Waals surface area contributed by atoms with Gasteiger partial charge in [-0.3, -0.25) is 0 Å². The molecule has 3 heteroatoms. The van der Waals surface area contributed by atoms with E-state index in [1.54, 1.807) is 0 Å². The number of aromatic nitrogens is 1. The first-order chi connectivity index (χ1) is 6.70. The number of nitrogens with one attached hydrogen (secondary N) is 2. The van der Waals surface area contributed by atoms with E-state index in [0.29, 0.717) is 6.04 Å². The van der Waals surface area contributed by atoms with Crippen molar-refractivity contribution >= 4 is 0 Å². The quantitative estimate of drug-likeness (QED) is 0.673. The Hall–Kier alpha value is -0.800. The van der Waals surface area contributed by atoms with Gasteiger partial charge in [-0.1, -0.05) is 0 Å². The second-order valence-electron chi connectivity index (χ2n) is 3.95. The number of nitrogens with zero attached hydrogens (tertiary/aromatic N) is 1. The van der Waals surface area contributed by atoms with E-state index in [4.69, 9.17) is 0 Å². The largest absolute Gasteiger partial charge is 0.364 e. The number of rotatable bonds is 6. The van der Waals surface area contributed by atoms with Crippen molar-refractivity contribution in [1.29, 1.82) is 0 Å². The minimum Gasteiger partial charge on any atom is -0.364 e. The molecule has 0 aliphatic carbocycles. The number of likely N-dealkylation sites (N-methyl/N-ethyl adjacent to an activating group) is 1. The average Bonchev–Trinajstić information content (AvgIpc) is 2.64. The second kappa shape index (κ2) is 5.83. The summed E-state index contributed by atoms with van der Waals surface area (Å²) in [5.74, 6) is 0. The summed E-state index contributed by atoms with van der Waals surface area (Å²) in [5.41, 5.74) is 1.25. The highest BCUT2D eigenvalue weighted by Crippen LogP contribution is 1.94. The fraction of sp³-hybridized carbons (Fsp3) is 0.636. The molecule has 0 atom stereocenters. The van der Waals surface area contributed by atoms with Gasteiger partial charge in [0, 0.05) is 37.6 Å². The number of H-pyrrole nitrogens is 1. The SMILES string of the molecule is CC(C)N(C)CCNCc1ccc[nH]1. The van der Waals surface area contributed by atoms with E-state index in [2.05, 4.69) is 42.2 Å². The van der Waals surface area contributed by atoms with Crippen LogP contribution in [0.15, 0.2) is 18.3 Å². The van der Waals surface area contributed by atoms with Gasteiger partial charge in [0.05, 0.1) is 0 Å². The van der Waals surface area contributed by atoms with Crippen LogP contribution in [0.25, 0.3) is 0 Å². The summed E-state index contributed by atoms with van der Waals surface area (Å²) in [4.78, 5) is 5.51. The first-order valence-electron chi connectivity index (χ1n) is 5.23. The first kappa shape index (κ1) is 11.3. The maximum absolute atomic E-state index is 3.40. The third-order valence-corrected chi connectivity index (χ3v) is 2.50. The molecule has 0 fully saturated rings. The van der Waals surface area contributed by atoms with Gasteiger partial charge in [0.1, 0.15) is 0 Å². The second-order valence-corrected chi connectivity index (χ2v) is 3.95. The highest BCUT2D eigenvalue weighted by molar-refractivity contribution is 5.02. The maximum atomic E-state index is 3.40.